The molecule has 0 aromatic rings. The molecule has 6 heteroatoms. The summed E-state index contributed by atoms with van der Waals surface area (Å²) in [6.07, 6.45) is 0. The molecule has 10 heavy (non-hydrogen) atoms. The second-order valence-corrected chi connectivity index (χ2v) is 7.29. The van der Waals surface area contributed by atoms with Crippen LogP contribution in [0.15, 0.2) is 0 Å². The molecule has 0 saturated heterocycles. The van der Waals surface area contributed by atoms with Crippen LogP contribution in [0, 0.1) is 5.92 Å². The Labute approximate surface area is 64.3 Å². The quantitative estimate of drug-likeness (QED) is 0.327. The van der Waals surface area contributed by atoms with Crippen LogP contribution in [0.25, 0.3) is 0 Å². The summed E-state index contributed by atoms with van der Waals surface area (Å²) >= 11 is 0. The first kappa shape index (κ1) is 10.3. The Bertz CT molecular complexity index is 177. The molecule has 0 aromatic heterocycles. The predicted molar refractivity (Wildman–Crippen MR) is 48.1 cm³/mol. The van der Waals surface area contributed by atoms with Gasteiger partial charge in [-0.15, -0.1) is 0 Å². The summed E-state index contributed by atoms with van der Waals surface area (Å²) in [5.74, 6) is -0.0308. The topological polar surface area (TPSA) is 95.1 Å². The van der Waals surface area contributed by atoms with E-state index in [1.807, 2.05) is 0 Å². The number of thiol groups is 1. The second-order valence-electron chi connectivity index (χ2n) is 2.39. The van der Waals surface area contributed by atoms with Gasteiger partial charge in [0.15, 0.2) is 5.12 Å². The summed E-state index contributed by atoms with van der Waals surface area (Å²) < 4.78 is 0. The Kier molecular flexibility index (Phi) is 3.76. The van der Waals surface area contributed by atoms with E-state index in [1.165, 1.54) is 0 Å². The summed E-state index contributed by atoms with van der Waals surface area (Å²) in [5.41, 5.74) is 15.9. The third kappa shape index (κ3) is 5.14. The zero-order valence-corrected chi connectivity index (χ0v) is 7.90. The van der Waals surface area contributed by atoms with Gasteiger partial charge in [0, 0.05) is 5.92 Å². The standard InChI is InChI=1S/C4H14N3OPS/c1-3(2)4(8)10-9(5,6)7/h3,10H,5-7H2,1-2H3. The van der Waals surface area contributed by atoms with Crippen molar-refractivity contribution < 1.29 is 4.79 Å². The maximum Gasteiger partial charge on any atom is 0.186 e. The number of hydrogen-bond donors (Lipinski definition) is 4. The van der Waals surface area contributed by atoms with Gasteiger partial charge in [0.05, 0.1) is 6.49 Å². The molecule has 0 unspecified atom stereocenters. The number of carbonyl (C=O) groups is 1. The molecule has 0 saturated carbocycles. The summed E-state index contributed by atoms with van der Waals surface area (Å²) in [6.45, 7) is 1.19. The number of nitrogens with two attached hydrogens (primary N) is 3. The lowest BCUT2D eigenvalue weighted by Crippen LogP contribution is -2.18. The van der Waals surface area contributed by atoms with Crippen LogP contribution in [-0.4, -0.2) is 5.12 Å². The third-order valence-corrected chi connectivity index (χ3v) is 3.46. The van der Waals surface area contributed by atoms with Crippen molar-refractivity contribution in [2.45, 2.75) is 13.8 Å². The predicted octanol–water partition coefficient (Wildman–Crippen LogP) is -0.462. The van der Waals surface area contributed by atoms with Crippen LogP contribution in [-0.2, 0) is 15.7 Å². The highest BCUT2D eigenvalue weighted by molar-refractivity contribution is 8.28. The molecule has 0 aliphatic heterocycles. The van der Waals surface area contributed by atoms with E-state index in [-0.39, 0.29) is 11.0 Å². The molecular weight excluding hydrogens is 169 g/mol. The molecule has 62 valence electrons. The van der Waals surface area contributed by atoms with Crippen LogP contribution in [0.4, 0.5) is 0 Å². The minimum Gasteiger partial charge on any atom is -0.288 e. The van der Waals surface area contributed by atoms with Crippen molar-refractivity contribution in [1.29, 1.82) is 0 Å². The molecule has 0 aromatic carbocycles. The molecule has 0 bridgehead atoms. The Hall–Kier alpha value is 0.330. The molecule has 0 aliphatic carbocycles. The second kappa shape index (κ2) is 3.64. The van der Waals surface area contributed by atoms with Crippen LogP contribution in [0.3, 0.4) is 0 Å². The summed E-state index contributed by atoms with van der Waals surface area (Å²) in [5, 5.41) is 0.0147. The SMILES string of the molecule is CC(C)C(=O)[SH]=P(N)(N)N. The molecule has 0 fully saturated rings. The van der Waals surface area contributed by atoms with Crippen molar-refractivity contribution >= 4 is 22.5 Å². The van der Waals surface area contributed by atoms with Crippen LogP contribution < -0.4 is 16.5 Å². The van der Waals surface area contributed by atoms with Crippen molar-refractivity contribution in [2.24, 2.45) is 22.4 Å². The number of hydrogen-bond acceptors (Lipinski definition) is 1. The fourth-order valence-corrected chi connectivity index (χ4v) is 2.58. The van der Waals surface area contributed by atoms with E-state index < -0.39 is 6.49 Å². The van der Waals surface area contributed by atoms with Crippen molar-refractivity contribution in [3.63, 3.8) is 0 Å². The van der Waals surface area contributed by atoms with Gasteiger partial charge < -0.3 is 0 Å². The Morgan fingerprint density at radius 2 is 1.80 bits per heavy atom. The summed E-state index contributed by atoms with van der Waals surface area (Å²) in [7, 11) is 0.386. The molecule has 0 heterocycles. The highest BCUT2D eigenvalue weighted by atomic mass is 32.5. The van der Waals surface area contributed by atoms with Gasteiger partial charge in [-0.3, -0.25) is 21.3 Å². The minimum absolute atomic E-state index is 0.0147. The Morgan fingerprint density at radius 3 is 1.90 bits per heavy atom. The van der Waals surface area contributed by atoms with E-state index in [0.29, 0.717) is 10.9 Å². The number of carbonyl (C=O) groups excluding carboxylic acids is 1. The van der Waals surface area contributed by atoms with E-state index in [9.17, 15) is 4.79 Å². The van der Waals surface area contributed by atoms with Crippen molar-refractivity contribution in [1.82, 2.24) is 0 Å². The molecule has 0 rings (SSSR count). The first-order chi connectivity index (χ1) is 4.33. The smallest absolute Gasteiger partial charge is 0.186 e. The first-order valence-corrected chi connectivity index (χ1v) is 6.44. The average molecular weight is 183 g/mol. The van der Waals surface area contributed by atoms with Crippen molar-refractivity contribution in [3.8, 4) is 0 Å². The normalized spacial score (nSPS) is 12.2. The van der Waals surface area contributed by atoms with Crippen molar-refractivity contribution in [2.75, 3.05) is 0 Å². The van der Waals surface area contributed by atoms with Gasteiger partial charge in [0.1, 0.15) is 0 Å². The molecule has 0 radical (unpaired) electrons. The van der Waals surface area contributed by atoms with E-state index >= 15 is 0 Å². The Morgan fingerprint density at radius 1 is 1.40 bits per heavy atom. The Balaban J connectivity index is 4.30. The van der Waals surface area contributed by atoms with Gasteiger partial charge in [-0.05, 0) is 0 Å². The molecule has 4 nitrogen and oxygen atoms in total. The molecular formula is C4H14N3OPS. The molecule has 0 spiro atoms. The fraction of sp³-hybridized carbons (Fsp3) is 0.750. The molecule has 0 atom stereocenters. The molecule has 6 N–H and O–H groups in total. The largest absolute Gasteiger partial charge is 0.288 e. The van der Waals surface area contributed by atoms with E-state index in [4.69, 9.17) is 16.5 Å². The van der Waals surface area contributed by atoms with E-state index in [0.717, 1.165) is 0 Å². The maximum absolute atomic E-state index is 10.9. The number of rotatable bonds is 1. The van der Waals surface area contributed by atoms with Crippen molar-refractivity contribution in [3.05, 3.63) is 0 Å². The van der Waals surface area contributed by atoms with Crippen LogP contribution in [0.5, 0.6) is 0 Å². The van der Waals surface area contributed by atoms with E-state index in [1.54, 1.807) is 13.8 Å². The monoisotopic (exact) mass is 183 g/mol. The molecule has 0 amide bonds. The van der Waals surface area contributed by atoms with E-state index in [2.05, 4.69) is 0 Å². The van der Waals surface area contributed by atoms with Gasteiger partial charge in [-0.2, -0.15) is 0 Å². The van der Waals surface area contributed by atoms with Gasteiger partial charge >= 0.3 is 0 Å². The lowest BCUT2D eigenvalue weighted by atomic mass is 10.3. The first-order valence-electron chi connectivity index (χ1n) is 2.85. The summed E-state index contributed by atoms with van der Waals surface area (Å²) in [4.78, 5) is 10.9. The lowest BCUT2D eigenvalue weighted by molar-refractivity contribution is -0.113. The third-order valence-electron chi connectivity index (χ3n) is 0.766. The van der Waals surface area contributed by atoms with Crippen LogP contribution in [0.1, 0.15) is 13.8 Å². The van der Waals surface area contributed by atoms with Crippen LogP contribution in [0.2, 0.25) is 0 Å². The van der Waals surface area contributed by atoms with Gasteiger partial charge in [-0.25, -0.2) is 0 Å². The van der Waals surface area contributed by atoms with Gasteiger partial charge in [-0.1, -0.05) is 24.8 Å². The summed E-state index contributed by atoms with van der Waals surface area (Å²) in [6, 6.07) is 0. The van der Waals surface area contributed by atoms with Gasteiger partial charge in [0.25, 0.3) is 0 Å². The molecule has 0 aliphatic rings. The maximum atomic E-state index is 10.9. The highest BCUT2D eigenvalue weighted by Crippen LogP contribution is 2.16. The van der Waals surface area contributed by atoms with Crippen LogP contribution >= 0.6 is 6.49 Å². The minimum atomic E-state index is -2.40. The average Bonchev–Trinajstić information content (AvgIpc) is 1.60. The lowest BCUT2D eigenvalue weighted by Gasteiger charge is -2.07. The zero-order valence-electron chi connectivity index (χ0n) is 6.11. The highest BCUT2D eigenvalue weighted by Gasteiger charge is 2.05. The fourth-order valence-electron chi connectivity index (χ4n) is 0.286. The zero-order chi connectivity index (χ0) is 8.36. The van der Waals surface area contributed by atoms with Gasteiger partial charge in [0.2, 0.25) is 0 Å².